The summed E-state index contributed by atoms with van der Waals surface area (Å²) in [4.78, 5) is 64.4. The molecule has 0 saturated carbocycles. The number of phenolic OH excluding ortho intramolecular Hbond substituents is 1. The molecule has 12 heteroatoms. The summed E-state index contributed by atoms with van der Waals surface area (Å²) in [5.74, 6) is -3.43. The molecule has 0 bridgehead atoms. The molecule has 1 fully saturated rings. The summed E-state index contributed by atoms with van der Waals surface area (Å²) in [6, 6.07) is 9.28. The first-order valence-corrected chi connectivity index (χ1v) is 9.90. The monoisotopic (exact) mass is 475 g/mol. The van der Waals surface area contributed by atoms with Gasteiger partial charge in [0.1, 0.15) is 16.9 Å². The van der Waals surface area contributed by atoms with Crippen LogP contribution < -0.4 is 26.6 Å². The second-order valence-corrected chi connectivity index (χ2v) is 7.19. The first kappa shape index (κ1) is 22.8. The molecule has 1 aromatic heterocycles. The molecule has 4 amide bonds. The zero-order valence-corrected chi connectivity index (χ0v) is 17.6. The van der Waals surface area contributed by atoms with E-state index in [1.807, 2.05) is 10.3 Å². The van der Waals surface area contributed by atoms with E-state index in [0.29, 0.717) is 9.47 Å². The van der Waals surface area contributed by atoms with Gasteiger partial charge in [0.05, 0.1) is 11.4 Å². The van der Waals surface area contributed by atoms with Crippen molar-refractivity contribution >= 4 is 29.6 Å². The third-order valence-corrected chi connectivity index (χ3v) is 4.91. The zero-order chi connectivity index (χ0) is 25.3. The van der Waals surface area contributed by atoms with Crippen molar-refractivity contribution in [3.8, 4) is 23.1 Å². The molecular formula is C23H15N4O8-. The number of allylic oxidation sites excluding steroid dienone is 2. The molecule has 0 atom stereocenters. The summed E-state index contributed by atoms with van der Waals surface area (Å²) in [6.45, 7) is 0. The number of aromatic amines is 1. The van der Waals surface area contributed by atoms with Gasteiger partial charge in [0.2, 0.25) is 5.88 Å². The lowest BCUT2D eigenvalue weighted by Crippen LogP contribution is -2.54. The zero-order valence-electron chi connectivity index (χ0n) is 17.6. The van der Waals surface area contributed by atoms with Gasteiger partial charge in [-0.25, -0.2) is 19.1 Å². The van der Waals surface area contributed by atoms with Gasteiger partial charge in [-0.3, -0.25) is 24.7 Å². The van der Waals surface area contributed by atoms with Gasteiger partial charge in [0.25, 0.3) is 17.4 Å². The minimum atomic E-state index is -1.02. The van der Waals surface area contributed by atoms with E-state index < -0.39 is 51.9 Å². The predicted molar refractivity (Wildman–Crippen MR) is 120 cm³/mol. The molecular weight excluding hydrogens is 460 g/mol. The van der Waals surface area contributed by atoms with Crippen LogP contribution in [0.4, 0.5) is 10.5 Å². The van der Waals surface area contributed by atoms with Crippen molar-refractivity contribution in [2.75, 3.05) is 4.90 Å². The van der Waals surface area contributed by atoms with Crippen molar-refractivity contribution in [1.82, 2.24) is 14.9 Å². The van der Waals surface area contributed by atoms with Gasteiger partial charge in [0.15, 0.2) is 0 Å². The van der Waals surface area contributed by atoms with Gasteiger partial charge in [0, 0.05) is 6.07 Å². The molecule has 0 radical (unpaired) electrons. The second-order valence-electron chi connectivity index (χ2n) is 7.19. The Balaban J connectivity index is 1.72. The summed E-state index contributed by atoms with van der Waals surface area (Å²) in [5.41, 5.74) is -2.82. The number of hydrogen-bond donors (Lipinski definition) is 4. The fourth-order valence-electron chi connectivity index (χ4n) is 3.34. The van der Waals surface area contributed by atoms with E-state index in [4.69, 9.17) is 0 Å². The molecule has 2 aromatic carbocycles. The van der Waals surface area contributed by atoms with E-state index in [0.717, 1.165) is 30.4 Å². The third-order valence-electron chi connectivity index (χ3n) is 4.91. The van der Waals surface area contributed by atoms with E-state index >= 15 is 0 Å². The Morgan fingerprint density at radius 3 is 2.34 bits per heavy atom. The number of nitrogens with one attached hydrogen (secondary N) is 2. The maximum Gasteiger partial charge on any atom is 0.335 e. The van der Waals surface area contributed by atoms with Crippen LogP contribution in [0.15, 0.2) is 75.8 Å². The highest BCUT2D eigenvalue weighted by atomic mass is 16.3. The molecule has 1 aliphatic heterocycles. The number of urea groups is 1. The van der Waals surface area contributed by atoms with Gasteiger partial charge < -0.3 is 15.3 Å². The van der Waals surface area contributed by atoms with Crippen LogP contribution in [0, 0.1) is 0 Å². The number of nitrogens with zero attached hydrogens (tertiary/aromatic N) is 2. The summed E-state index contributed by atoms with van der Waals surface area (Å²) in [5, 5.41) is 33.8. The lowest BCUT2D eigenvalue weighted by atomic mass is 10.1. The molecule has 35 heavy (non-hydrogen) atoms. The molecule has 0 spiro atoms. The lowest BCUT2D eigenvalue weighted by molar-refractivity contribution is -0.268. The number of barbiturate groups is 1. The molecule has 2 heterocycles. The topological polar surface area (TPSA) is 185 Å². The number of carbonyl (C=O) groups is 3. The highest BCUT2D eigenvalue weighted by molar-refractivity contribution is 6.37. The Morgan fingerprint density at radius 2 is 1.63 bits per heavy atom. The molecule has 3 aromatic rings. The number of H-pyrrole nitrogens is 1. The quantitative estimate of drug-likeness (QED) is 0.305. The largest absolute Gasteiger partial charge is 0.872 e. The number of carbonyl (C=O) groups excluding carboxylic acids is 3. The van der Waals surface area contributed by atoms with Crippen LogP contribution in [-0.2, 0) is 9.59 Å². The number of hydrogen-bond acceptors (Lipinski definition) is 8. The van der Waals surface area contributed by atoms with Crippen molar-refractivity contribution in [3.63, 3.8) is 0 Å². The number of aromatic nitrogens is 2. The summed E-state index contributed by atoms with van der Waals surface area (Å²) >= 11 is 0. The third kappa shape index (κ3) is 4.30. The van der Waals surface area contributed by atoms with E-state index in [-0.39, 0.29) is 17.1 Å². The predicted octanol–water partition coefficient (Wildman–Crippen LogP) is 0.233. The Morgan fingerprint density at radius 1 is 0.914 bits per heavy atom. The minimum Gasteiger partial charge on any atom is -0.872 e. The average Bonchev–Trinajstić information content (AvgIpc) is 2.77. The van der Waals surface area contributed by atoms with E-state index in [1.165, 1.54) is 36.4 Å². The maximum atomic E-state index is 12.8. The Kier molecular flexibility index (Phi) is 5.77. The summed E-state index contributed by atoms with van der Waals surface area (Å²) in [6.07, 6.45) is 3.13. The fraction of sp³-hybridized carbons (Fsp3) is 0. The van der Waals surface area contributed by atoms with Crippen LogP contribution in [0.3, 0.4) is 0 Å². The van der Waals surface area contributed by atoms with Crippen molar-refractivity contribution in [1.29, 1.82) is 0 Å². The van der Waals surface area contributed by atoms with Crippen molar-refractivity contribution in [2.45, 2.75) is 0 Å². The number of imide groups is 2. The number of amides is 4. The molecule has 0 aliphatic carbocycles. The second kappa shape index (κ2) is 8.86. The molecule has 4 N–H and O–H groups in total. The number of anilines is 1. The van der Waals surface area contributed by atoms with Crippen molar-refractivity contribution in [3.05, 3.63) is 92.7 Å². The molecule has 176 valence electrons. The van der Waals surface area contributed by atoms with Gasteiger partial charge in [-0.2, -0.15) is 0 Å². The minimum absolute atomic E-state index is 0.00589. The fourth-order valence-corrected chi connectivity index (χ4v) is 3.34. The molecule has 4 rings (SSSR count). The molecule has 1 saturated heterocycles. The Labute approximate surface area is 195 Å². The first-order chi connectivity index (χ1) is 16.7. The van der Waals surface area contributed by atoms with E-state index in [9.17, 15) is 39.3 Å². The summed E-state index contributed by atoms with van der Waals surface area (Å²) in [7, 11) is 0. The van der Waals surface area contributed by atoms with Crippen LogP contribution in [0.5, 0.6) is 17.4 Å². The van der Waals surface area contributed by atoms with Gasteiger partial charge in [-0.05, 0) is 36.4 Å². The first-order valence-electron chi connectivity index (χ1n) is 9.90. The number of phenols is 1. The molecule has 1 aliphatic rings. The maximum absolute atomic E-state index is 12.8. The van der Waals surface area contributed by atoms with Crippen LogP contribution in [0.1, 0.15) is 5.56 Å². The van der Waals surface area contributed by atoms with Crippen molar-refractivity contribution in [2.24, 2.45) is 0 Å². The van der Waals surface area contributed by atoms with Crippen LogP contribution in [0.2, 0.25) is 0 Å². The Hall–Kier alpha value is -5.39. The van der Waals surface area contributed by atoms with Crippen LogP contribution in [-0.4, -0.2) is 37.6 Å². The Bertz CT molecular complexity index is 1560. The number of benzene rings is 2. The lowest BCUT2D eigenvalue weighted by Gasteiger charge is -2.26. The summed E-state index contributed by atoms with van der Waals surface area (Å²) < 4.78 is 0.705. The number of rotatable bonds is 4. The van der Waals surface area contributed by atoms with E-state index in [2.05, 4.69) is 0 Å². The SMILES string of the molecule is O=C1NC(=O)N(c2cccc(O)c2)C(=O)/C1=C/C=C/c1c(O)n(-c2cccc([O-])c2)c(=O)[nH]c1=O. The number of aromatic hydroxyl groups is 2. The van der Waals surface area contributed by atoms with Crippen LogP contribution in [0.25, 0.3) is 11.8 Å². The van der Waals surface area contributed by atoms with Gasteiger partial charge in [-0.15, -0.1) is 5.75 Å². The standard InChI is InChI=1S/C23H16N4O8/c28-14-6-1-4-12(10-14)26-20(32)16(18(30)24-22(26)34)8-3-9-17-19(31)25-23(35)27(21(17)33)13-5-2-7-15(29)11-13/h1-11,28-29,32H,(H,24,30,34)(H,25,31,35)/p-1/b8-3+,17-9+. The van der Waals surface area contributed by atoms with Gasteiger partial charge >= 0.3 is 11.7 Å². The van der Waals surface area contributed by atoms with E-state index in [1.54, 1.807) is 0 Å². The highest BCUT2D eigenvalue weighted by Gasteiger charge is 2.36. The van der Waals surface area contributed by atoms with Crippen molar-refractivity contribution < 1.29 is 29.7 Å². The molecule has 0 unspecified atom stereocenters. The van der Waals surface area contributed by atoms with Crippen LogP contribution >= 0.6 is 0 Å². The average molecular weight is 475 g/mol. The van der Waals surface area contributed by atoms with Gasteiger partial charge in [-0.1, -0.05) is 24.3 Å². The smallest absolute Gasteiger partial charge is 0.335 e. The highest BCUT2D eigenvalue weighted by Crippen LogP contribution is 2.24. The normalized spacial score (nSPS) is 15.1. The molecule has 12 nitrogen and oxygen atoms in total.